The van der Waals surface area contributed by atoms with Gasteiger partial charge < -0.3 is 20.2 Å². The zero-order chi connectivity index (χ0) is 15.3. The Labute approximate surface area is 115 Å². The van der Waals surface area contributed by atoms with Crippen molar-refractivity contribution >= 4 is 17.7 Å². The second kappa shape index (κ2) is 6.69. The van der Waals surface area contributed by atoms with Crippen molar-refractivity contribution in [3.05, 3.63) is 27.9 Å². The van der Waals surface area contributed by atoms with Gasteiger partial charge >= 0.3 is 11.8 Å². The fraction of sp³-hybridized carbons (Fsp3) is 0.500. The second-order valence-electron chi connectivity index (χ2n) is 4.69. The first kappa shape index (κ1) is 15.7. The van der Waals surface area contributed by atoms with Gasteiger partial charge in [0.1, 0.15) is 6.04 Å². The average molecular weight is 283 g/mol. The molecule has 0 aromatic carbocycles. The summed E-state index contributed by atoms with van der Waals surface area (Å²) in [5.41, 5.74) is 0.0226. The lowest BCUT2D eigenvalue weighted by atomic mass is 10.0. The Kier molecular flexibility index (Phi) is 5.24. The first-order chi connectivity index (χ1) is 9.35. The number of hydrogen-bond donors (Lipinski definition) is 2. The van der Waals surface area contributed by atoms with Gasteiger partial charge in [-0.3, -0.25) is 4.79 Å². The van der Waals surface area contributed by atoms with E-state index in [-0.39, 0.29) is 17.4 Å². The van der Waals surface area contributed by atoms with E-state index < -0.39 is 22.8 Å². The number of nitrogens with one attached hydrogen (secondary N) is 2. The number of rotatable bonds is 6. The minimum atomic E-state index is -0.783. The van der Waals surface area contributed by atoms with Gasteiger partial charge in [0, 0.05) is 6.07 Å². The molecule has 0 spiro atoms. The number of carbonyl (C=O) groups excluding carboxylic acids is 2. The lowest BCUT2D eigenvalue weighted by Crippen LogP contribution is -2.42. The van der Waals surface area contributed by atoms with E-state index in [1.807, 2.05) is 13.8 Å². The fourth-order valence-corrected chi connectivity index (χ4v) is 1.69. The molecule has 0 fully saturated rings. The third kappa shape index (κ3) is 4.08. The quantitative estimate of drug-likeness (QED) is 0.463. The lowest BCUT2D eigenvalue weighted by Gasteiger charge is -2.17. The van der Waals surface area contributed by atoms with Gasteiger partial charge in [0.25, 0.3) is 5.91 Å². The number of aromatic amines is 1. The Bertz CT molecular complexity index is 509. The van der Waals surface area contributed by atoms with Gasteiger partial charge in [0.05, 0.1) is 7.11 Å². The molecule has 20 heavy (non-hydrogen) atoms. The summed E-state index contributed by atoms with van der Waals surface area (Å²) in [6, 6.07) is 1.69. The number of hydrogen-bond acceptors (Lipinski definition) is 5. The van der Waals surface area contributed by atoms with Crippen molar-refractivity contribution in [3.8, 4) is 0 Å². The van der Waals surface area contributed by atoms with Crippen molar-refractivity contribution in [1.82, 2.24) is 10.3 Å². The molecular weight excluding hydrogens is 266 g/mol. The molecule has 0 aliphatic heterocycles. The third-order valence-electron chi connectivity index (χ3n) is 2.61. The van der Waals surface area contributed by atoms with E-state index in [9.17, 15) is 19.7 Å². The molecule has 8 nitrogen and oxygen atoms in total. The molecule has 110 valence electrons. The van der Waals surface area contributed by atoms with Crippen molar-refractivity contribution < 1.29 is 19.2 Å². The van der Waals surface area contributed by atoms with Gasteiger partial charge in [-0.15, -0.1) is 0 Å². The summed E-state index contributed by atoms with van der Waals surface area (Å²) >= 11 is 0. The topological polar surface area (TPSA) is 114 Å². The number of esters is 1. The number of aromatic nitrogens is 1. The highest BCUT2D eigenvalue weighted by atomic mass is 16.6. The van der Waals surface area contributed by atoms with Gasteiger partial charge in [0.2, 0.25) is 0 Å². The lowest BCUT2D eigenvalue weighted by molar-refractivity contribution is -0.389. The molecule has 1 atom stereocenters. The first-order valence-corrected chi connectivity index (χ1v) is 6.07. The smallest absolute Gasteiger partial charge is 0.328 e. The summed E-state index contributed by atoms with van der Waals surface area (Å²) in [5, 5.41) is 13.0. The summed E-state index contributed by atoms with van der Waals surface area (Å²) in [7, 11) is 1.24. The fourth-order valence-electron chi connectivity index (χ4n) is 1.69. The van der Waals surface area contributed by atoms with Crippen LogP contribution in [0.4, 0.5) is 5.82 Å². The summed E-state index contributed by atoms with van der Waals surface area (Å²) in [6.07, 6.45) is 0.418. The van der Waals surface area contributed by atoms with Crippen LogP contribution in [0.3, 0.4) is 0 Å². The molecule has 1 aromatic rings. The van der Waals surface area contributed by atoms with E-state index in [0.29, 0.717) is 6.42 Å². The Morgan fingerprint density at radius 3 is 2.55 bits per heavy atom. The summed E-state index contributed by atoms with van der Waals surface area (Å²) in [4.78, 5) is 35.7. The van der Waals surface area contributed by atoms with Crippen molar-refractivity contribution in [3.63, 3.8) is 0 Å². The van der Waals surface area contributed by atoms with Gasteiger partial charge in [0.15, 0.2) is 5.69 Å². The van der Waals surface area contributed by atoms with E-state index in [2.05, 4.69) is 15.0 Å². The molecule has 0 bridgehead atoms. The van der Waals surface area contributed by atoms with Crippen LogP contribution >= 0.6 is 0 Å². The Morgan fingerprint density at radius 2 is 2.10 bits per heavy atom. The van der Waals surface area contributed by atoms with E-state index in [4.69, 9.17) is 0 Å². The van der Waals surface area contributed by atoms with Crippen LogP contribution in [0.1, 0.15) is 30.8 Å². The second-order valence-corrected chi connectivity index (χ2v) is 4.69. The summed E-state index contributed by atoms with van der Waals surface area (Å²) in [5.74, 6) is -1.24. The van der Waals surface area contributed by atoms with Crippen LogP contribution in [0.5, 0.6) is 0 Å². The number of nitro groups is 1. The SMILES string of the molecule is COC(=O)C(CC(C)C)NC(=O)c1ccc([N+](=O)[O-])[nH]1. The van der Waals surface area contributed by atoms with Crippen LogP contribution in [0.15, 0.2) is 12.1 Å². The third-order valence-corrected chi connectivity index (χ3v) is 2.61. The van der Waals surface area contributed by atoms with Crippen LogP contribution in [0, 0.1) is 16.0 Å². The maximum absolute atomic E-state index is 11.9. The number of nitrogens with zero attached hydrogens (tertiary/aromatic N) is 1. The predicted octanol–water partition coefficient (Wildman–Crippen LogP) is 1.24. The molecule has 1 rings (SSSR count). The molecule has 0 aliphatic rings. The zero-order valence-corrected chi connectivity index (χ0v) is 11.5. The number of amides is 1. The van der Waals surface area contributed by atoms with Crippen LogP contribution in [-0.2, 0) is 9.53 Å². The average Bonchev–Trinajstić information content (AvgIpc) is 2.86. The van der Waals surface area contributed by atoms with Crippen LogP contribution in [-0.4, -0.2) is 34.9 Å². The normalized spacial score (nSPS) is 12.0. The molecule has 0 aliphatic carbocycles. The molecule has 2 N–H and O–H groups in total. The minimum absolute atomic E-state index is 0.0226. The van der Waals surface area contributed by atoms with Crippen LogP contribution in [0.2, 0.25) is 0 Å². The Balaban J connectivity index is 2.78. The number of methoxy groups -OCH3 is 1. The van der Waals surface area contributed by atoms with Gasteiger partial charge in [-0.1, -0.05) is 13.8 Å². The Morgan fingerprint density at radius 1 is 1.45 bits per heavy atom. The van der Waals surface area contributed by atoms with E-state index >= 15 is 0 Å². The molecule has 1 heterocycles. The van der Waals surface area contributed by atoms with E-state index in [1.165, 1.54) is 19.2 Å². The highest BCUT2D eigenvalue weighted by molar-refractivity contribution is 5.95. The highest BCUT2D eigenvalue weighted by Crippen LogP contribution is 2.11. The van der Waals surface area contributed by atoms with Gasteiger partial charge in [-0.2, -0.15) is 0 Å². The highest BCUT2D eigenvalue weighted by Gasteiger charge is 2.25. The van der Waals surface area contributed by atoms with E-state index in [0.717, 1.165) is 0 Å². The zero-order valence-electron chi connectivity index (χ0n) is 11.5. The first-order valence-electron chi connectivity index (χ1n) is 6.07. The van der Waals surface area contributed by atoms with E-state index in [1.54, 1.807) is 0 Å². The van der Waals surface area contributed by atoms with Gasteiger partial charge in [-0.05, 0) is 23.3 Å². The summed E-state index contributed by atoms with van der Waals surface area (Å²) < 4.78 is 4.62. The van der Waals surface area contributed by atoms with Crippen LogP contribution in [0.25, 0.3) is 0 Å². The van der Waals surface area contributed by atoms with Gasteiger partial charge in [-0.25, -0.2) is 9.78 Å². The monoisotopic (exact) mass is 283 g/mol. The number of H-pyrrole nitrogens is 1. The molecule has 0 saturated carbocycles. The van der Waals surface area contributed by atoms with Crippen LogP contribution < -0.4 is 5.32 Å². The predicted molar refractivity (Wildman–Crippen MR) is 70.2 cm³/mol. The maximum atomic E-state index is 11.9. The standard InChI is InChI=1S/C12H17N3O5/c1-7(2)6-9(12(17)20-3)14-11(16)8-4-5-10(13-8)15(18)19/h4-5,7,9,13H,6H2,1-3H3,(H,14,16). The number of ether oxygens (including phenoxy) is 1. The minimum Gasteiger partial charge on any atom is -0.467 e. The van der Waals surface area contributed by atoms with Crippen molar-refractivity contribution in [2.45, 2.75) is 26.3 Å². The Hall–Kier alpha value is -2.38. The molecule has 1 amide bonds. The molecule has 1 unspecified atom stereocenters. The van der Waals surface area contributed by atoms with Crippen molar-refractivity contribution in [2.75, 3.05) is 7.11 Å². The molecule has 1 aromatic heterocycles. The van der Waals surface area contributed by atoms with Crippen molar-refractivity contribution in [2.24, 2.45) is 5.92 Å². The number of carbonyl (C=O) groups is 2. The molecule has 8 heteroatoms. The largest absolute Gasteiger partial charge is 0.467 e. The molecule has 0 saturated heterocycles. The van der Waals surface area contributed by atoms with Crippen molar-refractivity contribution in [1.29, 1.82) is 0 Å². The molecular formula is C12H17N3O5. The maximum Gasteiger partial charge on any atom is 0.328 e. The molecule has 0 radical (unpaired) electrons. The summed E-state index contributed by atoms with van der Waals surface area (Å²) in [6.45, 7) is 3.81.